The second-order valence-electron chi connectivity index (χ2n) is 7.51. The minimum absolute atomic E-state index is 0.238. The van der Waals surface area contributed by atoms with Crippen LogP contribution in [0.4, 0.5) is 10.5 Å². The average Bonchev–Trinajstić information content (AvgIpc) is 3.11. The van der Waals surface area contributed by atoms with E-state index in [1.165, 1.54) is 11.1 Å². The van der Waals surface area contributed by atoms with Gasteiger partial charge in [0.25, 0.3) is 5.91 Å². The molecule has 0 atom stereocenters. The maximum atomic E-state index is 12.9. The number of urea groups is 1. The number of hydrogen-bond acceptors (Lipinski definition) is 2. The van der Waals surface area contributed by atoms with Crippen molar-refractivity contribution in [3.05, 3.63) is 87.3 Å². The summed E-state index contributed by atoms with van der Waals surface area (Å²) in [7, 11) is 0. The highest BCUT2D eigenvalue weighted by Gasteiger charge is 2.35. The van der Waals surface area contributed by atoms with E-state index in [0.717, 1.165) is 27.5 Å². The molecule has 3 aromatic rings. The number of anilines is 1. The topological polar surface area (TPSA) is 54.3 Å². The second kappa shape index (κ2) is 7.50. The molecule has 0 saturated carbocycles. The first-order chi connectivity index (χ1) is 14.3. The molecule has 0 spiro atoms. The summed E-state index contributed by atoms with van der Waals surface area (Å²) < 4.78 is 2.19. The Hall–Kier alpha value is -3.31. The van der Waals surface area contributed by atoms with Crippen LogP contribution in [0.3, 0.4) is 0 Å². The predicted molar refractivity (Wildman–Crippen MR) is 120 cm³/mol. The Balaban J connectivity index is 1.75. The normalized spacial score (nSPS) is 15.2. The molecule has 3 amide bonds. The summed E-state index contributed by atoms with van der Waals surface area (Å²) in [6, 6.07) is 14.4. The van der Waals surface area contributed by atoms with Crippen LogP contribution in [0.25, 0.3) is 11.8 Å². The molecule has 1 aliphatic heterocycles. The molecule has 152 valence electrons. The number of rotatable bonds is 3. The maximum Gasteiger partial charge on any atom is 0.333 e. The van der Waals surface area contributed by atoms with Gasteiger partial charge in [-0.15, -0.1) is 0 Å². The van der Waals surface area contributed by atoms with Gasteiger partial charge in [0.1, 0.15) is 5.70 Å². The predicted octanol–water partition coefficient (Wildman–Crippen LogP) is 5.46. The zero-order chi connectivity index (χ0) is 21.6. The highest BCUT2D eigenvalue weighted by Crippen LogP contribution is 2.29. The van der Waals surface area contributed by atoms with Crippen molar-refractivity contribution in [2.24, 2.45) is 0 Å². The molecule has 1 fully saturated rings. The Labute approximate surface area is 180 Å². The summed E-state index contributed by atoms with van der Waals surface area (Å²) in [5.74, 6) is -0.404. The number of aromatic nitrogens is 1. The van der Waals surface area contributed by atoms with E-state index in [0.29, 0.717) is 10.7 Å². The highest BCUT2D eigenvalue weighted by atomic mass is 35.5. The number of amides is 3. The lowest BCUT2D eigenvalue weighted by atomic mass is 10.1. The van der Waals surface area contributed by atoms with E-state index >= 15 is 0 Å². The smallest absolute Gasteiger partial charge is 0.317 e. The van der Waals surface area contributed by atoms with Crippen LogP contribution in [0.1, 0.15) is 28.1 Å². The van der Waals surface area contributed by atoms with Crippen molar-refractivity contribution in [3.8, 4) is 5.69 Å². The van der Waals surface area contributed by atoms with Gasteiger partial charge >= 0.3 is 6.03 Å². The zero-order valence-corrected chi connectivity index (χ0v) is 18.0. The molecule has 6 heteroatoms. The van der Waals surface area contributed by atoms with Crippen molar-refractivity contribution < 1.29 is 9.59 Å². The number of aryl methyl sites for hydroxylation is 3. The van der Waals surface area contributed by atoms with Crippen molar-refractivity contribution in [1.29, 1.82) is 0 Å². The monoisotopic (exact) mass is 419 g/mol. The third kappa shape index (κ3) is 3.31. The molecule has 30 heavy (non-hydrogen) atoms. The van der Waals surface area contributed by atoms with E-state index in [9.17, 15) is 9.59 Å². The standard InChI is InChI=1S/C24H22ClN3O2/c1-14-7-5-8-15(2)22(14)27-16(3)11-18(17(27)4)12-21-23(29)28(24(30)26-21)20-10-6-9-19(25)13-20/h5-13H,1-4H3,(H,26,30)/b21-12+. The lowest BCUT2D eigenvalue weighted by Crippen LogP contribution is -2.30. The Kier molecular flexibility index (Phi) is 5.00. The molecule has 1 N–H and O–H groups in total. The second-order valence-corrected chi connectivity index (χ2v) is 7.95. The first kappa shape index (κ1) is 20.0. The average molecular weight is 420 g/mol. The zero-order valence-electron chi connectivity index (χ0n) is 17.3. The minimum atomic E-state index is -0.489. The Morgan fingerprint density at radius 3 is 2.27 bits per heavy atom. The van der Waals surface area contributed by atoms with Crippen LogP contribution in [-0.2, 0) is 4.79 Å². The van der Waals surface area contributed by atoms with E-state index in [4.69, 9.17) is 11.6 Å². The molecule has 2 heterocycles. The number of imide groups is 1. The Bertz CT molecular complexity index is 1200. The van der Waals surface area contributed by atoms with Gasteiger partial charge in [0, 0.05) is 16.4 Å². The number of hydrogen-bond donors (Lipinski definition) is 1. The fourth-order valence-corrected chi connectivity index (χ4v) is 4.16. The third-order valence-electron chi connectivity index (χ3n) is 5.38. The molecule has 0 unspecified atom stereocenters. The van der Waals surface area contributed by atoms with Gasteiger partial charge in [0.05, 0.1) is 11.4 Å². The number of carbonyl (C=O) groups is 2. The molecular formula is C24H22ClN3O2. The van der Waals surface area contributed by atoms with Crippen LogP contribution >= 0.6 is 11.6 Å². The van der Waals surface area contributed by atoms with E-state index in [1.807, 2.05) is 26.0 Å². The third-order valence-corrected chi connectivity index (χ3v) is 5.61. The van der Waals surface area contributed by atoms with Crippen molar-refractivity contribution in [1.82, 2.24) is 9.88 Å². The van der Waals surface area contributed by atoms with Gasteiger partial charge in [-0.1, -0.05) is 35.9 Å². The summed E-state index contributed by atoms with van der Waals surface area (Å²) in [5.41, 5.74) is 7.10. The summed E-state index contributed by atoms with van der Waals surface area (Å²) in [5, 5.41) is 3.15. The first-order valence-electron chi connectivity index (χ1n) is 9.66. The lowest BCUT2D eigenvalue weighted by molar-refractivity contribution is -0.113. The van der Waals surface area contributed by atoms with Crippen molar-refractivity contribution in [2.45, 2.75) is 27.7 Å². The molecule has 1 aliphatic rings. The molecule has 1 aromatic heterocycles. The van der Waals surface area contributed by atoms with Crippen LogP contribution in [0, 0.1) is 27.7 Å². The van der Waals surface area contributed by atoms with Gasteiger partial charge < -0.3 is 9.88 Å². The molecule has 4 rings (SSSR count). The largest absolute Gasteiger partial charge is 0.333 e. The molecular weight excluding hydrogens is 398 g/mol. The Morgan fingerprint density at radius 2 is 1.60 bits per heavy atom. The maximum absolute atomic E-state index is 12.9. The quantitative estimate of drug-likeness (QED) is 0.452. The number of nitrogens with one attached hydrogen (secondary N) is 1. The van der Waals surface area contributed by atoms with Gasteiger partial charge in [-0.05, 0) is 74.7 Å². The van der Waals surface area contributed by atoms with Crippen LogP contribution < -0.4 is 10.2 Å². The summed E-state index contributed by atoms with van der Waals surface area (Å²) in [6.45, 7) is 8.22. The SMILES string of the molecule is Cc1cccc(C)c1-n1c(C)cc(/C=C2/NC(=O)N(c3cccc(Cl)c3)C2=O)c1C. The molecule has 1 saturated heterocycles. The fraction of sp³-hybridized carbons (Fsp3) is 0.167. The Morgan fingerprint density at radius 1 is 0.933 bits per heavy atom. The summed E-state index contributed by atoms with van der Waals surface area (Å²) >= 11 is 6.02. The van der Waals surface area contributed by atoms with Gasteiger partial charge in [0.15, 0.2) is 0 Å². The molecule has 0 radical (unpaired) electrons. The van der Waals surface area contributed by atoms with Crippen LogP contribution in [0.2, 0.25) is 5.02 Å². The minimum Gasteiger partial charge on any atom is -0.317 e. The number of para-hydroxylation sites is 1. The molecule has 2 aromatic carbocycles. The molecule has 0 bridgehead atoms. The number of carbonyl (C=O) groups excluding carboxylic acids is 2. The van der Waals surface area contributed by atoms with Crippen LogP contribution in [0.5, 0.6) is 0 Å². The lowest BCUT2D eigenvalue weighted by Gasteiger charge is -2.15. The number of benzene rings is 2. The fourth-order valence-electron chi connectivity index (χ4n) is 3.98. The number of halogens is 1. The van der Waals surface area contributed by atoms with Crippen LogP contribution in [-0.4, -0.2) is 16.5 Å². The highest BCUT2D eigenvalue weighted by molar-refractivity contribution is 6.32. The number of nitrogens with zero attached hydrogens (tertiary/aromatic N) is 2. The van der Waals surface area contributed by atoms with Gasteiger partial charge in [-0.25, -0.2) is 9.69 Å². The van der Waals surface area contributed by atoms with Crippen molar-refractivity contribution in [3.63, 3.8) is 0 Å². The van der Waals surface area contributed by atoms with Crippen molar-refractivity contribution in [2.75, 3.05) is 4.90 Å². The van der Waals surface area contributed by atoms with Gasteiger partial charge in [-0.3, -0.25) is 4.79 Å². The summed E-state index contributed by atoms with van der Waals surface area (Å²) in [4.78, 5) is 26.5. The molecule has 5 nitrogen and oxygen atoms in total. The van der Waals surface area contributed by atoms with Gasteiger partial charge in [0.2, 0.25) is 0 Å². The van der Waals surface area contributed by atoms with Crippen molar-refractivity contribution >= 4 is 35.3 Å². The summed E-state index contributed by atoms with van der Waals surface area (Å²) in [6.07, 6.45) is 1.73. The van der Waals surface area contributed by atoms with E-state index < -0.39 is 11.9 Å². The van der Waals surface area contributed by atoms with E-state index in [-0.39, 0.29) is 5.70 Å². The van der Waals surface area contributed by atoms with E-state index in [1.54, 1.807) is 30.3 Å². The van der Waals surface area contributed by atoms with Gasteiger partial charge in [-0.2, -0.15) is 0 Å². The van der Waals surface area contributed by atoms with E-state index in [2.05, 4.69) is 35.9 Å². The first-order valence-corrected chi connectivity index (χ1v) is 10.0. The van der Waals surface area contributed by atoms with Crippen LogP contribution in [0.15, 0.2) is 54.2 Å². The molecule has 0 aliphatic carbocycles.